The molecule has 0 fully saturated rings. The van der Waals surface area contributed by atoms with Crippen LogP contribution in [0.1, 0.15) is 17.5 Å². The summed E-state index contributed by atoms with van der Waals surface area (Å²) in [6.45, 7) is 0.962. The van der Waals surface area contributed by atoms with E-state index in [9.17, 15) is 13.2 Å². The number of aryl methyl sites for hydroxylation is 1. The summed E-state index contributed by atoms with van der Waals surface area (Å²) in [4.78, 5) is 10.8. The molecule has 0 aliphatic carbocycles. The number of fused-ring (bicyclic) bond motifs is 1. The Morgan fingerprint density at radius 3 is 2.85 bits per heavy atom. The van der Waals surface area contributed by atoms with Crippen LogP contribution in [-0.2, 0) is 27.8 Å². The van der Waals surface area contributed by atoms with Crippen LogP contribution in [0, 0.1) is 0 Å². The molecule has 0 saturated heterocycles. The first-order chi connectivity index (χ1) is 9.36. The summed E-state index contributed by atoms with van der Waals surface area (Å²) in [5.41, 5.74) is 6.89. The van der Waals surface area contributed by atoms with Crippen molar-refractivity contribution in [2.45, 2.75) is 19.4 Å². The Hall–Kier alpha value is -1.60. The molecule has 7 heteroatoms. The summed E-state index contributed by atoms with van der Waals surface area (Å²) in [5, 5.41) is 0. The summed E-state index contributed by atoms with van der Waals surface area (Å²) in [7, 11) is -3.25. The molecule has 1 aliphatic rings. The van der Waals surface area contributed by atoms with Crippen molar-refractivity contribution in [1.82, 2.24) is 4.31 Å². The molecule has 0 saturated carbocycles. The largest absolute Gasteiger partial charge is 0.492 e. The summed E-state index contributed by atoms with van der Waals surface area (Å²) in [6.07, 6.45) is 2.01. The fourth-order valence-corrected chi connectivity index (χ4v) is 2.91. The van der Waals surface area contributed by atoms with E-state index < -0.39 is 10.0 Å². The fourth-order valence-electron chi connectivity index (χ4n) is 2.13. The lowest BCUT2D eigenvalue weighted by molar-refractivity contribution is -0.117. The van der Waals surface area contributed by atoms with E-state index in [0.29, 0.717) is 31.9 Å². The minimum atomic E-state index is -3.25. The molecule has 0 atom stereocenters. The highest BCUT2D eigenvalue weighted by atomic mass is 32.2. The number of ether oxygens (including phenoxy) is 1. The maximum Gasteiger partial charge on any atom is 0.217 e. The zero-order valence-electron chi connectivity index (χ0n) is 11.3. The number of amides is 1. The number of nitrogens with zero attached hydrogens (tertiary/aromatic N) is 1. The smallest absolute Gasteiger partial charge is 0.217 e. The average molecular weight is 298 g/mol. The molecule has 1 aromatic carbocycles. The summed E-state index contributed by atoms with van der Waals surface area (Å²) >= 11 is 0. The van der Waals surface area contributed by atoms with Gasteiger partial charge in [0.2, 0.25) is 15.9 Å². The topological polar surface area (TPSA) is 89.7 Å². The number of benzene rings is 1. The second-order valence-electron chi connectivity index (χ2n) is 4.85. The quantitative estimate of drug-likeness (QED) is 0.863. The number of carbonyl (C=O) groups is 1. The number of nitrogens with two attached hydrogens (primary N) is 1. The first-order valence-corrected chi connectivity index (χ1v) is 8.19. The van der Waals surface area contributed by atoms with Crippen LogP contribution >= 0.6 is 0 Å². The predicted octanol–water partition coefficient (Wildman–Crippen LogP) is 0.259. The maximum absolute atomic E-state index is 11.7. The van der Waals surface area contributed by atoms with Gasteiger partial charge in [-0.3, -0.25) is 4.79 Å². The van der Waals surface area contributed by atoms with Gasteiger partial charge in [-0.05, 0) is 18.1 Å². The second kappa shape index (κ2) is 5.80. The zero-order valence-corrected chi connectivity index (χ0v) is 12.1. The van der Waals surface area contributed by atoms with Gasteiger partial charge in [-0.15, -0.1) is 0 Å². The third-order valence-electron chi connectivity index (χ3n) is 3.20. The first-order valence-electron chi connectivity index (χ1n) is 6.34. The molecule has 1 heterocycles. The molecule has 0 radical (unpaired) electrons. The van der Waals surface area contributed by atoms with E-state index in [2.05, 4.69) is 0 Å². The lowest BCUT2D eigenvalue weighted by Crippen LogP contribution is -2.31. The van der Waals surface area contributed by atoms with Gasteiger partial charge in [0.1, 0.15) is 12.4 Å². The van der Waals surface area contributed by atoms with Gasteiger partial charge < -0.3 is 10.5 Å². The van der Waals surface area contributed by atoms with Crippen LogP contribution in [0.4, 0.5) is 0 Å². The van der Waals surface area contributed by atoms with E-state index in [-0.39, 0.29) is 12.3 Å². The molecule has 110 valence electrons. The molecule has 0 spiro atoms. The molecule has 20 heavy (non-hydrogen) atoms. The van der Waals surface area contributed by atoms with Crippen molar-refractivity contribution >= 4 is 15.9 Å². The van der Waals surface area contributed by atoms with Crippen LogP contribution in [0.2, 0.25) is 0 Å². The number of rotatable bonds is 4. The van der Waals surface area contributed by atoms with Gasteiger partial charge in [0, 0.05) is 25.1 Å². The monoisotopic (exact) mass is 298 g/mol. The highest BCUT2D eigenvalue weighted by molar-refractivity contribution is 7.88. The van der Waals surface area contributed by atoms with Crippen LogP contribution < -0.4 is 10.5 Å². The van der Waals surface area contributed by atoms with Crippen molar-refractivity contribution in [2.75, 3.05) is 19.4 Å². The van der Waals surface area contributed by atoms with Crippen LogP contribution in [0.25, 0.3) is 0 Å². The molecule has 1 aliphatic heterocycles. The summed E-state index contributed by atoms with van der Waals surface area (Å²) in [5.74, 6) is 0.341. The number of hydrogen-bond donors (Lipinski definition) is 1. The van der Waals surface area contributed by atoms with Crippen molar-refractivity contribution in [2.24, 2.45) is 5.73 Å². The second-order valence-corrected chi connectivity index (χ2v) is 6.84. The normalized spacial score (nSPS) is 16.1. The Kier molecular flexibility index (Phi) is 4.29. The number of primary amides is 1. The molecule has 2 rings (SSSR count). The Bertz CT molecular complexity index is 613. The average Bonchev–Trinajstić information content (AvgIpc) is 2.57. The molecule has 1 aromatic rings. The van der Waals surface area contributed by atoms with Crippen molar-refractivity contribution in [3.63, 3.8) is 0 Å². The minimum Gasteiger partial charge on any atom is -0.492 e. The molecule has 0 bridgehead atoms. The molecule has 1 amide bonds. The Morgan fingerprint density at radius 1 is 1.45 bits per heavy atom. The Morgan fingerprint density at radius 2 is 2.20 bits per heavy atom. The number of sulfonamides is 1. The van der Waals surface area contributed by atoms with Gasteiger partial charge >= 0.3 is 0 Å². The van der Waals surface area contributed by atoms with Gasteiger partial charge in [0.15, 0.2) is 0 Å². The molecular formula is C13H18N2O4S. The van der Waals surface area contributed by atoms with Crippen LogP contribution in [0.3, 0.4) is 0 Å². The van der Waals surface area contributed by atoms with E-state index in [1.165, 1.54) is 10.6 Å². The van der Waals surface area contributed by atoms with E-state index in [4.69, 9.17) is 10.5 Å². The van der Waals surface area contributed by atoms with Gasteiger partial charge in [-0.1, -0.05) is 12.1 Å². The zero-order chi connectivity index (χ0) is 14.8. The molecular weight excluding hydrogens is 280 g/mol. The van der Waals surface area contributed by atoms with Gasteiger partial charge in [0.05, 0.1) is 6.26 Å². The van der Waals surface area contributed by atoms with Gasteiger partial charge in [0.25, 0.3) is 0 Å². The third kappa shape index (κ3) is 3.71. The lowest BCUT2D eigenvalue weighted by atomic mass is 10.1. The SMILES string of the molecule is CS(=O)(=O)N1CCOc2ccc(CCC(N)=O)cc2C1. The Balaban J connectivity index is 2.23. The predicted molar refractivity (Wildman–Crippen MR) is 74.7 cm³/mol. The van der Waals surface area contributed by atoms with E-state index in [0.717, 1.165) is 11.1 Å². The van der Waals surface area contributed by atoms with Crippen molar-refractivity contribution in [3.05, 3.63) is 29.3 Å². The Labute approximate surface area is 118 Å². The summed E-state index contributed by atoms with van der Waals surface area (Å²) < 4.78 is 30.3. The van der Waals surface area contributed by atoms with Gasteiger partial charge in [-0.25, -0.2) is 8.42 Å². The number of carbonyl (C=O) groups excluding carboxylic acids is 1. The molecule has 6 nitrogen and oxygen atoms in total. The molecule has 0 unspecified atom stereocenters. The highest BCUT2D eigenvalue weighted by Gasteiger charge is 2.22. The van der Waals surface area contributed by atoms with E-state index >= 15 is 0 Å². The van der Waals surface area contributed by atoms with Crippen LogP contribution in [0.15, 0.2) is 18.2 Å². The van der Waals surface area contributed by atoms with Crippen molar-refractivity contribution < 1.29 is 17.9 Å². The fraction of sp³-hybridized carbons (Fsp3) is 0.462. The standard InChI is InChI=1S/C13H18N2O4S/c1-20(17,18)15-6-7-19-12-4-2-10(3-5-13(14)16)8-11(12)9-15/h2,4,8H,3,5-7,9H2,1H3,(H2,14,16). The third-order valence-corrected chi connectivity index (χ3v) is 4.45. The van der Waals surface area contributed by atoms with Crippen molar-refractivity contribution in [3.8, 4) is 5.75 Å². The van der Waals surface area contributed by atoms with E-state index in [1.54, 1.807) is 0 Å². The van der Waals surface area contributed by atoms with E-state index in [1.807, 2.05) is 18.2 Å². The number of hydrogen-bond acceptors (Lipinski definition) is 4. The van der Waals surface area contributed by atoms with Crippen LogP contribution in [-0.4, -0.2) is 38.0 Å². The molecule has 0 aromatic heterocycles. The molecule has 2 N–H and O–H groups in total. The summed E-state index contributed by atoms with van der Waals surface area (Å²) in [6, 6.07) is 5.57. The van der Waals surface area contributed by atoms with Crippen LogP contribution in [0.5, 0.6) is 5.75 Å². The lowest BCUT2D eigenvalue weighted by Gasteiger charge is -2.16. The van der Waals surface area contributed by atoms with Gasteiger partial charge in [-0.2, -0.15) is 4.31 Å². The minimum absolute atomic E-state index is 0.273. The first kappa shape index (κ1) is 14.8. The highest BCUT2D eigenvalue weighted by Crippen LogP contribution is 2.25. The maximum atomic E-state index is 11.7. The van der Waals surface area contributed by atoms with Crippen molar-refractivity contribution in [1.29, 1.82) is 0 Å².